The summed E-state index contributed by atoms with van der Waals surface area (Å²) in [5.74, 6) is -1.87. The zero-order chi connectivity index (χ0) is 47.6. The van der Waals surface area contributed by atoms with Crippen LogP contribution in [0.1, 0.15) is 145 Å². The van der Waals surface area contributed by atoms with Crippen molar-refractivity contribution in [2.75, 3.05) is 18.0 Å². The number of alkyl carbamates (subject to hydrolysis) is 1. The first-order chi connectivity index (χ1) is 29.8. The Bertz CT molecular complexity index is 2190. The monoisotopic (exact) mass is 880 g/mol. The second kappa shape index (κ2) is 21.1. The quantitative estimate of drug-likeness (QED) is 0.0402. The van der Waals surface area contributed by atoms with E-state index in [0.717, 1.165) is 0 Å². The van der Waals surface area contributed by atoms with Gasteiger partial charge in [-0.05, 0) is 109 Å². The molecule has 4 aromatic rings. The van der Waals surface area contributed by atoms with Crippen molar-refractivity contribution in [2.24, 2.45) is 0 Å². The van der Waals surface area contributed by atoms with Crippen LogP contribution in [0.2, 0.25) is 0 Å². The van der Waals surface area contributed by atoms with Gasteiger partial charge in [0.15, 0.2) is 29.2 Å². The highest BCUT2D eigenvalue weighted by molar-refractivity contribution is 6.03. The molecule has 0 aromatic heterocycles. The van der Waals surface area contributed by atoms with E-state index >= 15 is 0 Å². The smallest absolute Gasteiger partial charge is 0.414 e. The number of carbonyl (C=O) groups is 6. The predicted molar refractivity (Wildman–Crippen MR) is 241 cm³/mol. The number of nitrogens with zero attached hydrogens (tertiary/aromatic N) is 1. The maximum Gasteiger partial charge on any atom is 0.414 e. The Kier molecular flexibility index (Phi) is 16.7. The summed E-state index contributed by atoms with van der Waals surface area (Å²) in [5.41, 5.74) is -3.00. The van der Waals surface area contributed by atoms with Gasteiger partial charge in [-0.3, -0.25) is 24.1 Å². The fraction of sp³-hybridized carbons (Fsp3) is 0.400. The van der Waals surface area contributed by atoms with Gasteiger partial charge in [-0.15, -0.1) is 0 Å². The lowest BCUT2D eigenvalue weighted by Crippen LogP contribution is -2.33. The van der Waals surface area contributed by atoms with E-state index in [1.165, 1.54) is 96.7 Å². The van der Waals surface area contributed by atoms with Crippen molar-refractivity contribution in [3.05, 3.63) is 136 Å². The number of unbranched alkanes of at least 4 members (excludes halogenated alkanes) is 3. The number of ether oxygens (including phenoxy) is 2. The highest BCUT2D eigenvalue weighted by Gasteiger charge is 2.29. The van der Waals surface area contributed by atoms with E-state index in [9.17, 15) is 49.2 Å². The molecule has 14 heteroatoms. The number of amides is 2. The van der Waals surface area contributed by atoms with E-state index in [0.29, 0.717) is 53.6 Å². The van der Waals surface area contributed by atoms with Gasteiger partial charge in [0.05, 0.1) is 0 Å². The highest BCUT2D eigenvalue weighted by atomic mass is 16.6. The molecule has 2 amide bonds. The third kappa shape index (κ3) is 14.2. The molecule has 0 saturated heterocycles. The zero-order valence-electron chi connectivity index (χ0n) is 37.8. The maximum atomic E-state index is 13.5. The lowest BCUT2D eigenvalue weighted by molar-refractivity contribution is 0.0487. The Hall–Kier alpha value is -6.06. The summed E-state index contributed by atoms with van der Waals surface area (Å²) in [6, 6.07) is 25.3. The van der Waals surface area contributed by atoms with Gasteiger partial charge in [0.1, 0.15) is 29.0 Å². The molecule has 64 heavy (non-hydrogen) atoms. The highest BCUT2D eigenvalue weighted by Crippen LogP contribution is 2.29. The first-order valence-electron chi connectivity index (χ1n) is 21.1. The molecule has 0 saturated carbocycles. The van der Waals surface area contributed by atoms with Crippen LogP contribution in [-0.2, 0) is 16.1 Å². The molecule has 0 fully saturated rings. The third-order valence-corrected chi connectivity index (χ3v) is 10.2. The van der Waals surface area contributed by atoms with Crippen LogP contribution in [0.5, 0.6) is 0 Å². The lowest BCUT2D eigenvalue weighted by Gasteiger charge is -2.23. The number of benzene rings is 4. The molecule has 0 aliphatic carbocycles. The molecule has 0 unspecified atom stereocenters. The predicted octanol–water partition coefficient (Wildman–Crippen LogP) is 7.72. The topological polar surface area (TPSA) is 217 Å². The largest absolute Gasteiger partial charge is 0.444 e. The van der Waals surface area contributed by atoms with Crippen molar-refractivity contribution in [1.29, 1.82) is 0 Å². The minimum Gasteiger partial charge on any atom is -0.444 e. The van der Waals surface area contributed by atoms with Gasteiger partial charge in [-0.2, -0.15) is 0 Å². The van der Waals surface area contributed by atoms with Gasteiger partial charge < -0.3 is 35.2 Å². The minimum atomic E-state index is -1.58. The molecule has 0 spiro atoms. The van der Waals surface area contributed by atoms with Crippen LogP contribution in [0.25, 0.3) is 0 Å². The van der Waals surface area contributed by atoms with E-state index in [-0.39, 0.29) is 36.4 Å². The lowest BCUT2D eigenvalue weighted by atomic mass is 9.92. The third-order valence-electron chi connectivity index (χ3n) is 10.2. The normalized spacial score (nSPS) is 12.1. The molecule has 0 aliphatic rings. The molecule has 0 heterocycles. The zero-order valence-corrected chi connectivity index (χ0v) is 37.8. The Morgan fingerprint density at radius 3 is 1.27 bits per heavy atom. The van der Waals surface area contributed by atoms with Crippen molar-refractivity contribution in [3.63, 3.8) is 0 Å². The molecule has 0 bridgehead atoms. The number of nitrogens with one attached hydrogen (secondary N) is 1. The van der Waals surface area contributed by atoms with Crippen molar-refractivity contribution in [1.82, 2.24) is 5.32 Å². The standard InChI is InChI=1S/C50H60N2O12/c1-47(2,59)41(53)35-15-13-32(14-16-35)31-63-46(58)52(39-27-25-38(26-28-39)44(56)50(7,8)62)30-12-10-9-11-29-51-45(57)64-40(33-17-21-36(22-18-33)42(54)48(3,4)60)34-19-23-37(24-20-34)43(55)49(5,6)61/h13-28,40,59-62H,9-12,29-31H2,1-8H3,(H,51,57). The van der Waals surface area contributed by atoms with Crippen LogP contribution in [0.4, 0.5) is 15.3 Å². The Balaban J connectivity index is 1.37. The summed E-state index contributed by atoms with van der Waals surface area (Å²) in [6.07, 6.45) is 0.178. The van der Waals surface area contributed by atoms with Crippen LogP contribution in [0.15, 0.2) is 97.1 Å². The molecule has 0 aliphatic heterocycles. The average molecular weight is 881 g/mol. The minimum absolute atomic E-state index is 0.0930. The van der Waals surface area contributed by atoms with E-state index in [2.05, 4.69) is 5.32 Å². The number of hydrogen-bond acceptors (Lipinski definition) is 12. The van der Waals surface area contributed by atoms with Gasteiger partial charge in [0, 0.05) is 41.0 Å². The molecule has 5 N–H and O–H groups in total. The summed E-state index contributed by atoms with van der Waals surface area (Å²) in [4.78, 5) is 78.5. The number of Topliss-reactive ketones (excluding diaryl/α,β-unsaturated/α-hetero) is 4. The fourth-order valence-electron chi connectivity index (χ4n) is 6.54. The summed E-state index contributed by atoms with van der Waals surface area (Å²) < 4.78 is 11.5. The van der Waals surface area contributed by atoms with Gasteiger partial charge in [0.2, 0.25) is 0 Å². The summed E-state index contributed by atoms with van der Waals surface area (Å²) in [5, 5.41) is 43.4. The van der Waals surface area contributed by atoms with Crippen molar-refractivity contribution in [3.8, 4) is 0 Å². The SMILES string of the molecule is CC(C)(O)C(=O)c1ccc(COC(=O)N(CCCCCCNC(=O)OC(c2ccc(C(=O)C(C)(C)O)cc2)c2ccc(C(=O)C(C)(C)O)cc2)c2ccc(C(=O)C(C)(C)O)cc2)cc1. The van der Waals surface area contributed by atoms with Crippen LogP contribution in [0, 0.1) is 0 Å². The van der Waals surface area contributed by atoms with E-state index in [4.69, 9.17) is 9.47 Å². The maximum absolute atomic E-state index is 13.5. The number of ketones is 4. The molecular weight excluding hydrogens is 821 g/mol. The van der Waals surface area contributed by atoms with Crippen molar-refractivity contribution in [2.45, 2.75) is 116 Å². The second-order valence-corrected chi connectivity index (χ2v) is 17.9. The number of hydrogen-bond donors (Lipinski definition) is 5. The molecule has 0 radical (unpaired) electrons. The average Bonchev–Trinajstić information content (AvgIpc) is 3.23. The number of rotatable bonds is 21. The molecule has 14 nitrogen and oxygen atoms in total. The first kappa shape index (κ1) is 50.6. The van der Waals surface area contributed by atoms with Crippen molar-refractivity contribution < 1.29 is 58.7 Å². The van der Waals surface area contributed by atoms with E-state index < -0.39 is 63.8 Å². The Labute approximate surface area is 374 Å². The number of carbonyl (C=O) groups excluding carboxylic acids is 6. The molecule has 342 valence electrons. The summed E-state index contributed by atoms with van der Waals surface area (Å²) in [6.45, 7) is 11.6. The summed E-state index contributed by atoms with van der Waals surface area (Å²) >= 11 is 0. The van der Waals surface area contributed by atoms with Crippen LogP contribution in [0.3, 0.4) is 0 Å². The number of aliphatic hydroxyl groups is 4. The van der Waals surface area contributed by atoms with Crippen LogP contribution in [-0.4, -0.2) is 91.2 Å². The Morgan fingerprint density at radius 1 is 0.516 bits per heavy atom. The molecule has 4 rings (SSSR count). The molecular formula is C50H60N2O12. The first-order valence-corrected chi connectivity index (χ1v) is 21.1. The molecule has 0 atom stereocenters. The van der Waals surface area contributed by atoms with Gasteiger partial charge >= 0.3 is 12.2 Å². The summed E-state index contributed by atoms with van der Waals surface area (Å²) in [7, 11) is 0. The number of anilines is 1. The van der Waals surface area contributed by atoms with Crippen molar-refractivity contribution >= 4 is 41.0 Å². The second-order valence-electron chi connectivity index (χ2n) is 17.9. The fourth-order valence-corrected chi connectivity index (χ4v) is 6.54. The van der Waals surface area contributed by atoms with Gasteiger partial charge in [0.25, 0.3) is 0 Å². The van der Waals surface area contributed by atoms with Crippen LogP contribution >= 0.6 is 0 Å². The van der Waals surface area contributed by atoms with E-state index in [1.807, 2.05) is 0 Å². The Morgan fingerprint density at radius 2 is 0.875 bits per heavy atom. The molecule has 4 aromatic carbocycles. The van der Waals surface area contributed by atoms with E-state index in [1.54, 1.807) is 60.7 Å². The van der Waals surface area contributed by atoms with Crippen LogP contribution < -0.4 is 10.2 Å². The van der Waals surface area contributed by atoms with Gasteiger partial charge in [-0.25, -0.2) is 9.59 Å². The van der Waals surface area contributed by atoms with Gasteiger partial charge in [-0.1, -0.05) is 85.6 Å².